The fourth-order valence-electron chi connectivity index (χ4n) is 4.83. The first-order valence-electron chi connectivity index (χ1n) is 11.7. The number of nitrogens with one attached hydrogen (secondary N) is 1. The molecule has 4 heterocycles. The Labute approximate surface area is 201 Å². The summed E-state index contributed by atoms with van der Waals surface area (Å²) in [4.78, 5) is 9.52. The van der Waals surface area contributed by atoms with Crippen LogP contribution in [0.4, 0.5) is 0 Å². The van der Waals surface area contributed by atoms with Crippen molar-refractivity contribution in [2.75, 3.05) is 39.4 Å². The average Bonchev–Trinajstić information content (AvgIpc) is 3.45. The SMILES string of the molecule is Cc1ccc(-n2cccc2[C@@H]2[C@@H](c3ccccn3)NC(=S)N2CCCN2CCOCC2)cc1. The highest BCUT2D eigenvalue weighted by molar-refractivity contribution is 7.80. The molecular formula is C26H31N5OS. The number of thiocarbonyl (C=S) groups is 1. The van der Waals surface area contributed by atoms with E-state index in [1.54, 1.807) is 0 Å². The highest BCUT2D eigenvalue weighted by Crippen LogP contribution is 2.39. The van der Waals surface area contributed by atoms with E-state index >= 15 is 0 Å². The second-order valence-corrected chi connectivity index (χ2v) is 9.15. The van der Waals surface area contributed by atoms with Crippen molar-refractivity contribution >= 4 is 17.3 Å². The maximum atomic E-state index is 5.86. The second-order valence-electron chi connectivity index (χ2n) is 8.77. The molecule has 172 valence electrons. The van der Waals surface area contributed by atoms with Gasteiger partial charge in [0, 0.05) is 50.0 Å². The van der Waals surface area contributed by atoms with Gasteiger partial charge < -0.3 is 19.5 Å². The van der Waals surface area contributed by atoms with Gasteiger partial charge in [-0.25, -0.2) is 0 Å². The molecule has 6 nitrogen and oxygen atoms in total. The van der Waals surface area contributed by atoms with Crippen LogP contribution in [0.5, 0.6) is 0 Å². The largest absolute Gasteiger partial charge is 0.379 e. The standard InChI is InChI=1S/C26H31N5OS/c1-20-8-10-21(11-9-20)30-14-4-7-23(30)25-24(22-6-2-3-12-27-22)28-26(33)31(25)15-5-13-29-16-18-32-19-17-29/h2-4,6-12,14,24-25H,5,13,15-19H2,1H3,(H,28,33)/t24-,25-/m1/s1. The molecule has 0 unspecified atom stereocenters. The third-order valence-electron chi connectivity index (χ3n) is 6.57. The van der Waals surface area contributed by atoms with Crippen LogP contribution in [0.3, 0.4) is 0 Å². The number of benzene rings is 1. The van der Waals surface area contributed by atoms with Gasteiger partial charge in [-0.1, -0.05) is 23.8 Å². The van der Waals surface area contributed by atoms with Crippen molar-refractivity contribution in [3.05, 3.63) is 83.9 Å². The molecule has 2 aliphatic heterocycles. The summed E-state index contributed by atoms with van der Waals surface area (Å²) >= 11 is 5.86. The van der Waals surface area contributed by atoms with Crippen molar-refractivity contribution in [2.45, 2.75) is 25.4 Å². The van der Waals surface area contributed by atoms with Gasteiger partial charge in [-0.3, -0.25) is 9.88 Å². The number of hydrogen-bond acceptors (Lipinski definition) is 4. The Balaban J connectivity index is 1.44. The molecule has 1 aromatic carbocycles. The molecule has 0 aliphatic carbocycles. The normalized spacial score (nSPS) is 21.4. The van der Waals surface area contributed by atoms with Gasteiger partial charge in [0.1, 0.15) is 0 Å². The van der Waals surface area contributed by atoms with E-state index in [-0.39, 0.29) is 12.1 Å². The lowest BCUT2D eigenvalue weighted by Crippen LogP contribution is -2.39. The third kappa shape index (κ3) is 4.81. The smallest absolute Gasteiger partial charge is 0.170 e. The zero-order valence-corrected chi connectivity index (χ0v) is 19.9. The first-order valence-corrected chi connectivity index (χ1v) is 12.1. The minimum absolute atomic E-state index is 0.00110. The van der Waals surface area contributed by atoms with Gasteiger partial charge in [0.2, 0.25) is 0 Å². The van der Waals surface area contributed by atoms with Gasteiger partial charge in [0.25, 0.3) is 0 Å². The maximum Gasteiger partial charge on any atom is 0.170 e. The average molecular weight is 462 g/mol. The molecule has 1 N–H and O–H groups in total. The van der Waals surface area contributed by atoms with Crippen LogP contribution < -0.4 is 5.32 Å². The van der Waals surface area contributed by atoms with E-state index < -0.39 is 0 Å². The molecule has 2 saturated heterocycles. The molecule has 0 saturated carbocycles. The molecule has 2 fully saturated rings. The van der Waals surface area contributed by atoms with Crippen LogP contribution in [-0.4, -0.2) is 63.9 Å². The Kier molecular flexibility index (Phi) is 6.71. The Morgan fingerprint density at radius 1 is 1.03 bits per heavy atom. The molecule has 0 spiro atoms. The Hall–Kier alpha value is -2.74. The van der Waals surface area contributed by atoms with Crippen LogP contribution in [0.2, 0.25) is 0 Å². The molecule has 5 rings (SSSR count). The summed E-state index contributed by atoms with van der Waals surface area (Å²) in [6.07, 6.45) is 5.05. The lowest BCUT2D eigenvalue weighted by Gasteiger charge is -2.31. The van der Waals surface area contributed by atoms with E-state index in [2.05, 4.69) is 80.3 Å². The van der Waals surface area contributed by atoms with E-state index in [4.69, 9.17) is 17.0 Å². The number of hydrogen-bond donors (Lipinski definition) is 1. The lowest BCUT2D eigenvalue weighted by atomic mass is 10.0. The van der Waals surface area contributed by atoms with Gasteiger partial charge in [0.15, 0.2) is 5.11 Å². The zero-order valence-electron chi connectivity index (χ0n) is 19.1. The van der Waals surface area contributed by atoms with Crippen molar-refractivity contribution in [3.63, 3.8) is 0 Å². The second kappa shape index (κ2) is 10.0. The highest BCUT2D eigenvalue weighted by Gasteiger charge is 2.41. The predicted octanol–water partition coefficient (Wildman–Crippen LogP) is 3.88. The number of rotatable bonds is 7. The summed E-state index contributed by atoms with van der Waals surface area (Å²) in [5.74, 6) is 0. The maximum absolute atomic E-state index is 5.86. The number of nitrogens with zero attached hydrogens (tertiary/aromatic N) is 4. The minimum Gasteiger partial charge on any atom is -0.379 e. The summed E-state index contributed by atoms with van der Waals surface area (Å²) in [5.41, 5.74) is 4.64. The Morgan fingerprint density at radius 3 is 2.61 bits per heavy atom. The molecular weight excluding hydrogens is 430 g/mol. The van der Waals surface area contributed by atoms with Crippen molar-refractivity contribution < 1.29 is 4.74 Å². The van der Waals surface area contributed by atoms with Crippen LogP contribution in [0.25, 0.3) is 5.69 Å². The lowest BCUT2D eigenvalue weighted by molar-refractivity contribution is 0.0365. The summed E-state index contributed by atoms with van der Waals surface area (Å²) in [7, 11) is 0. The van der Waals surface area contributed by atoms with Crippen molar-refractivity contribution in [1.82, 2.24) is 24.7 Å². The van der Waals surface area contributed by atoms with Crippen LogP contribution in [0.1, 0.15) is 35.5 Å². The molecule has 2 aromatic heterocycles. The summed E-state index contributed by atoms with van der Waals surface area (Å²) in [6.45, 7) is 7.76. The summed E-state index contributed by atoms with van der Waals surface area (Å²) < 4.78 is 7.78. The number of aromatic nitrogens is 2. The van der Waals surface area contributed by atoms with Gasteiger partial charge in [-0.05, 0) is 62.0 Å². The number of ether oxygens (including phenoxy) is 1. The van der Waals surface area contributed by atoms with Gasteiger partial charge in [-0.2, -0.15) is 0 Å². The quantitative estimate of drug-likeness (QED) is 0.539. The molecule has 2 atom stereocenters. The minimum atomic E-state index is 0.00110. The monoisotopic (exact) mass is 461 g/mol. The van der Waals surface area contributed by atoms with Crippen molar-refractivity contribution in [1.29, 1.82) is 0 Å². The zero-order chi connectivity index (χ0) is 22.6. The van der Waals surface area contributed by atoms with Gasteiger partial charge >= 0.3 is 0 Å². The van der Waals surface area contributed by atoms with Crippen LogP contribution in [-0.2, 0) is 4.74 Å². The van der Waals surface area contributed by atoms with E-state index in [0.29, 0.717) is 0 Å². The first kappa shape index (κ1) is 22.1. The Bertz CT molecular complexity index is 1060. The van der Waals surface area contributed by atoms with Crippen LogP contribution in [0.15, 0.2) is 67.0 Å². The molecule has 0 radical (unpaired) electrons. The van der Waals surface area contributed by atoms with E-state index in [0.717, 1.165) is 62.3 Å². The molecule has 33 heavy (non-hydrogen) atoms. The summed E-state index contributed by atoms with van der Waals surface area (Å²) in [5, 5.41) is 4.38. The van der Waals surface area contributed by atoms with E-state index in [1.807, 2.05) is 18.3 Å². The highest BCUT2D eigenvalue weighted by atomic mass is 32.1. The number of pyridine rings is 1. The molecule has 0 bridgehead atoms. The fraction of sp³-hybridized carbons (Fsp3) is 0.385. The van der Waals surface area contributed by atoms with Crippen LogP contribution in [0, 0.1) is 6.92 Å². The van der Waals surface area contributed by atoms with E-state index in [1.165, 1.54) is 11.3 Å². The molecule has 0 amide bonds. The third-order valence-corrected chi connectivity index (χ3v) is 6.92. The molecule has 3 aromatic rings. The van der Waals surface area contributed by atoms with E-state index in [9.17, 15) is 0 Å². The fourth-order valence-corrected chi connectivity index (χ4v) is 5.16. The number of morpholine rings is 1. The topological polar surface area (TPSA) is 45.6 Å². The van der Waals surface area contributed by atoms with Gasteiger partial charge in [-0.15, -0.1) is 0 Å². The molecule has 2 aliphatic rings. The predicted molar refractivity (Wildman–Crippen MR) is 135 cm³/mol. The Morgan fingerprint density at radius 2 is 1.85 bits per heavy atom. The van der Waals surface area contributed by atoms with Crippen molar-refractivity contribution in [3.8, 4) is 5.69 Å². The van der Waals surface area contributed by atoms with Gasteiger partial charge in [0.05, 0.1) is 31.0 Å². The number of aryl methyl sites for hydroxylation is 1. The van der Waals surface area contributed by atoms with Crippen molar-refractivity contribution in [2.24, 2.45) is 0 Å². The molecule has 7 heteroatoms. The summed E-state index contributed by atoms with van der Waals surface area (Å²) in [6, 6.07) is 19.2. The van der Waals surface area contributed by atoms with Crippen LogP contribution >= 0.6 is 12.2 Å². The first-order chi connectivity index (χ1) is 16.2.